The first-order chi connectivity index (χ1) is 12.1. The molecular formula is C21H24O4. The summed E-state index contributed by atoms with van der Waals surface area (Å²) >= 11 is 0. The van der Waals surface area contributed by atoms with E-state index in [4.69, 9.17) is 18.9 Å². The molecule has 0 radical (unpaired) electrons. The Morgan fingerprint density at radius 2 is 1.12 bits per heavy atom. The molecule has 4 nitrogen and oxygen atoms in total. The number of ether oxygens (including phenoxy) is 4. The Bertz CT molecular complexity index is 636. The summed E-state index contributed by atoms with van der Waals surface area (Å²) in [6, 6.07) is 16.7. The molecule has 2 aliphatic rings. The minimum Gasteiger partial charge on any atom is -0.491 e. The normalized spacial score (nSPS) is 21.7. The molecule has 0 amide bonds. The SMILES string of the molecule is CC(C)(c1ccc(OC[C@@H]2CO2)cc1)c1ccc(OC[C@@H]2CO2)cc1. The second-order valence-corrected chi connectivity index (χ2v) is 7.21. The van der Waals surface area contributed by atoms with E-state index in [0.717, 1.165) is 24.7 Å². The van der Waals surface area contributed by atoms with Crippen molar-refractivity contribution in [2.24, 2.45) is 0 Å². The maximum atomic E-state index is 5.72. The van der Waals surface area contributed by atoms with E-state index < -0.39 is 0 Å². The van der Waals surface area contributed by atoms with Gasteiger partial charge in [-0.3, -0.25) is 0 Å². The zero-order valence-corrected chi connectivity index (χ0v) is 14.7. The van der Waals surface area contributed by atoms with Crippen LogP contribution in [0.2, 0.25) is 0 Å². The van der Waals surface area contributed by atoms with Crippen LogP contribution in [-0.4, -0.2) is 38.6 Å². The average molecular weight is 340 g/mol. The van der Waals surface area contributed by atoms with Crippen molar-refractivity contribution in [3.05, 3.63) is 59.7 Å². The number of hydrogen-bond acceptors (Lipinski definition) is 4. The predicted octanol–water partition coefficient (Wildman–Crippen LogP) is 3.57. The van der Waals surface area contributed by atoms with E-state index in [1.165, 1.54) is 11.1 Å². The lowest BCUT2D eigenvalue weighted by Gasteiger charge is -2.26. The van der Waals surface area contributed by atoms with Crippen LogP contribution in [0.4, 0.5) is 0 Å². The van der Waals surface area contributed by atoms with Gasteiger partial charge in [-0.25, -0.2) is 0 Å². The van der Waals surface area contributed by atoms with E-state index in [2.05, 4.69) is 38.1 Å². The summed E-state index contributed by atoms with van der Waals surface area (Å²) in [4.78, 5) is 0. The van der Waals surface area contributed by atoms with Gasteiger partial charge in [-0.1, -0.05) is 38.1 Å². The van der Waals surface area contributed by atoms with Crippen LogP contribution in [0.3, 0.4) is 0 Å². The fraction of sp³-hybridized carbons (Fsp3) is 0.429. The second-order valence-electron chi connectivity index (χ2n) is 7.21. The summed E-state index contributed by atoms with van der Waals surface area (Å²) in [5.74, 6) is 1.78. The van der Waals surface area contributed by atoms with Gasteiger partial charge >= 0.3 is 0 Å². The van der Waals surface area contributed by atoms with Crippen molar-refractivity contribution >= 4 is 0 Å². The summed E-state index contributed by atoms with van der Waals surface area (Å²) < 4.78 is 21.8. The number of rotatable bonds is 8. The van der Waals surface area contributed by atoms with Crippen molar-refractivity contribution in [2.45, 2.75) is 31.5 Å². The standard InChI is InChI=1S/C21H24O4/c1-21(2,15-3-7-17(8-4-15)22-11-19-13-24-19)16-5-9-18(10-6-16)23-12-20-14-25-20/h3-10,19-20H,11-14H2,1-2H3/t19-,20-/m1/s1. The summed E-state index contributed by atoms with van der Waals surface area (Å²) in [6.45, 7) is 7.37. The number of hydrogen-bond donors (Lipinski definition) is 0. The van der Waals surface area contributed by atoms with Gasteiger partial charge in [0.15, 0.2) is 0 Å². The lowest BCUT2D eigenvalue weighted by Crippen LogP contribution is -2.18. The summed E-state index contributed by atoms with van der Waals surface area (Å²) in [5, 5.41) is 0. The predicted molar refractivity (Wildman–Crippen MR) is 95.5 cm³/mol. The van der Waals surface area contributed by atoms with Gasteiger partial charge in [0.1, 0.15) is 36.9 Å². The van der Waals surface area contributed by atoms with Gasteiger partial charge in [0.25, 0.3) is 0 Å². The van der Waals surface area contributed by atoms with E-state index in [0.29, 0.717) is 13.2 Å². The highest BCUT2D eigenvalue weighted by Crippen LogP contribution is 2.33. The lowest BCUT2D eigenvalue weighted by atomic mass is 9.78. The van der Waals surface area contributed by atoms with Crippen molar-refractivity contribution in [1.29, 1.82) is 0 Å². The highest BCUT2D eigenvalue weighted by molar-refractivity contribution is 5.41. The smallest absolute Gasteiger partial charge is 0.119 e. The van der Waals surface area contributed by atoms with E-state index in [9.17, 15) is 0 Å². The molecule has 0 N–H and O–H groups in total. The quantitative estimate of drug-likeness (QED) is 0.689. The molecular weight excluding hydrogens is 316 g/mol. The molecule has 2 aliphatic heterocycles. The first kappa shape index (κ1) is 16.4. The zero-order chi connectivity index (χ0) is 17.3. The molecule has 0 spiro atoms. The third kappa shape index (κ3) is 4.14. The molecule has 4 heteroatoms. The van der Waals surface area contributed by atoms with Gasteiger partial charge in [-0.05, 0) is 35.4 Å². The van der Waals surface area contributed by atoms with Crippen LogP contribution in [0.5, 0.6) is 11.5 Å². The third-order valence-corrected chi connectivity index (χ3v) is 4.83. The Morgan fingerprint density at radius 3 is 1.44 bits per heavy atom. The first-order valence-corrected chi connectivity index (χ1v) is 8.81. The second kappa shape index (κ2) is 6.70. The molecule has 2 heterocycles. The molecule has 2 fully saturated rings. The molecule has 0 aromatic heterocycles. The molecule has 0 bridgehead atoms. The van der Waals surface area contributed by atoms with Crippen LogP contribution in [0.25, 0.3) is 0 Å². The van der Waals surface area contributed by atoms with Crippen LogP contribution in [-0.2, 0) is 14.9 Å². The first-order valence-electron chi connectivity index (χ1n) is 8.81. The molecule has 0 unspecified atom stereocenters. The molecule has 4 rings (SSSR count). The largest absolute Gasteiger partial charge is 0.491 e. The molecule has 0 saturated carbocycles. The molecule has 2 atom stereocenters. The number of epoxide rings is 2. The summed E-state index contributed by atoms with van der Waals surface area (Å²) in [7, 11) is 0. The molecule has 2 aromatic carbocycles. The summed E-state index contributed by atoms with van der Waals surface area (Å²) in [5.41, 5.74) is 2.42. The summed E-state index contributed by atoms with van der Waals surface area (Å²) in [6.07, 6.45) is 0.562. The van der Waals surface area contributed by atoms with Gasteiger partial charge in [-0.15, -0.1) is 0 Å². The van der Waals surface area contributed by atoms with Crippen molar-refractivity contribution in [3.63, 3.8) is 0 Å². The minimum absolute atomic E-state index is 0.0870. The maximum absolute atomic E-state index is 5.72. The fourth-order valence-corrected chi connectivity index (χ4v) is 2.81. The Labute approximate surface area is 148 Å². The molecule has 2 saturated heterocycles. The molecule has 2 aromatic rings. The van der Waals surface area contributed by atoms with Crippen LogP contribution < -0.4 is 9.47 Å². The molecule has 132 valence electrons. The van der Waals surface area contributed by atoms with E-state index >= 15 is 0 Å². The fourth-order valence-electron chi connectivity index (χ4n) is 2.81. The van der Waals surface area contributed by atoms with Gasteiger partial charge in [-0.2, -0.15) is 0 Å². The van der Waals surface area contributed by atoms with Crippen LogP contribution in [0.15, 0.2) is 48.5 Å². The third-order valence-electron chi connectivity index (χ3n) is 4.83. The Morgan fingerprint density at radius 1 is 0.760 bits per heavy atom. The zero-order valence-electron chi connectivity index (χ0n) is 14.7. The van der Waals surface area contributed by atoms with Gasteiger partial charge in [0, 0.05) is 5.41 Å². The van der Waals surface area contributed by atoms with E-state index in [-0.39, 0.29) is 17.6 Å². The minimum atomic E-state index is -0.0870. The maximum Gasteiger partial charge on any atom is 0.119 e. The van der Waals surface area contributed by atoms with Gasteiger partial charge in [0.05, 0.1) is 13.2 Å². The van der Waals surface area contributed by atoms with E-state index in [1.54, 1.807) is 0 Å². The van der Waals surface area contributed by atoms with Crippen molar-refractivity contribution in [3.8, 4) is 11.5 Å². The lowest BCUT2D eigenvalue weighted by molar-refractivity contribution is 0.263. The van der Waals surface area contributed by atoms with Crippen LogP contribution in [0, 0.1) is 0 Å². The number of benzene rings is 2. The van der Waals surface area contributed by atoms with Gasteiger partial charge < -0.3 is 18.9 Å². The Kier molecular flexibility index (Phi) is 4.40. The van der Waals surface area contributed by atoms with E-state index in [1.807, 2.05) is 24.3 Å². The highest BCUT2D eigenvalue weighted by atomic mass is 16.6. The average Bonchev–Trinajstić information content (AvgIpc) is 3.54. The monoisotopic (exact) mass is 340 g/mol. The topological polar surface area (TPSA) is 43.5 Å². The van der Waals surface area contributed by atoms with Crippen molar-refractivity contribution in [2.75, 3.05) is 26.4 Å². The van der Waals surface area contributed by atoms with Crippen LogP contribution >= 0.6 is 0 Å². The van der Waals surface area contributed by atoms with Crippen molar-refractivity contribution < 1.29 is 18.9 Å². The highest BCUT2D eigenvalue weighted by Gasteiger charge is 2.25. The van der Waals surface area contributed by atoms with Crippen molar-refractivity contribution in [1.82, 2.24) is 0 Å². The Balaban J connectivity index is 1.41. The molecule has 0 aliphatic carbocycles. The van der Waals surface area contributed by atoms with Crippen LogP contribution in [0.1, 0.15) is 25.0 Å². The molecule has 25 heavy (non-hydrogen) atoms. The van der Waals surface area contributed by atoms with Gasteiger partial charge in [0.2, 0.25) is 0 Å². The Hall–Kier alpha value is -2.04.